The van der Waals surface area contributed by atoms with Gasteiger partial charge in [-0.25, -0.2) is 4.79 Å². The summed E-state index contributed by atoms with van der Waals surface area (Å²) in [6.07, 6.45) is 16.4. The molecule has 0 saturated heterocycles. The lowest BCUT2D eigenvalue weighted by molar-refractivity contribution is -0.131. The first-order valence-electron chi connectivity index (χ1n) is 16.2. The molecule has 0 amide bonds. The number of benzene rings is 1. The van der Waals surface area contributed by atoms with E-state index in [9.17, 15) is 9.59 Å². The average molecular weight is 549 g/mol. The molecule has 5 rings (SSSR count). The first kappa shape index (κ1) is 29.4. The predicted molar refractivity (Wildman–Crippen MR) is 160 cm³/mol. The Labute approximate surface area is 242 Å². The van der Waals surface area contributed by atoms with Crippen molar-refractivity contribution in [2.24, 2.45) is 46.3 Å². The first-order chi connectivity index (χ1) is 19.0. The van der Waals surface area contributed by atoms with E-state index < -0.39 is 0 Å². The molecule has 4 nitrogen and oxygen atoms in total. The van der Waals surface area contributed by atoms with Crippen molar-refractivity contribution in [1.82, 2.24) is 0 Å². The molecule has 0 radical (unpaired) electrons. The fourth-order valence-electron chi connectivity index (χ4n) is 9.80. The minimum Gasteiger partial charge on any atom is -0.458 e. The van der Waals surface area contributed by atoms with E-state index in [0.717, 1.165) is 54.8 Å². The largest absolute Gasteiger partial charge is 0.458 e. The highest BCUT2D eigenvalue weighted by atomic mass is 16.5. The Morgan fingerprint density at radius 3 is 2.40 bits per heavy atom. The third-order valence-corrected chi connectivity index (χ3v) is 11.9. The summed E-state index contributed by atoms with van der Waals surface area (Å²) in [5, 5.41) is 0. The van der Waals surface area contributed by atoms with Crippen LogP contribution in [0.15, 0.2) is 35.9 Å². The van der Waals surface area contributed by atoms with Crippen molar-refractivity contribution in [3.8, 4) is 5.75 Å². The number of hydrogen-bond acceptors (Lipinski definition) is 4. The summed E-state index contributed by atoms with van der Waals surface area (Å²) in [5.41, 5.74) is 2.81. The van der Waals surface area contributed by atoms with Gasteiger partial charge in [0.25, 0.3) is 0 Å². The van der Waals surface area contributed by atoms with Crippen molar-refractivity contribution < 1.29 is 19.1 Å². The van der Waals surface area contributed by atoms with Gasteiger partial charge in [-0.2, -0.15) is 0 Å². The zero-order chi connectivity index (χ0) is 28.7. The van der Waals surface area contributed by atoms with Crippen LogP contribution in [0.4, 0.5) is 0 Å². The number of rotatable bonds is 8. The van der Waals surface area contributed by atoms with E-state index in [1.807, 2.05) is 0 Å². The molecular formula is C36H52O4. The molecule has 3 saturated carbocycles. The molecule has 0 N–H and O–H groups in total. The summed E-state index contributed by atoms with van der Waals surface area (Å²) >= 11 is 0. The van der Waals surface area contributed by atoms with Crippen LogP contribution in [0, 0.1) is 46.3 Å². The van der Waals surface area contributed by atoms with Crippen LogP contribution in [-0.2, 0) is 9.53 Å². The molecule has 0 bridgehead atoms. The molecule has 4 aliphatic carbocycles. The predicted octanol–water partition coefficient (Wildman–Crippen LogP) is 9.18. The summed E-state index contributed by atoms with van der Waals surface area (Å²) in [5.74, 6) is 4.79. The van der Waals surface area contributed by atoms with Gasteiger partial charge in [-0.15, -0.1) is 0 Å². The quantitative estimate of drug-likeness (QED) is 0.185. The topological polar surface area (TPSA) is 52.6 Å². The normalized spacial score (nSPS) is 35.7. The molecule has 0 aliphatic heterocycles. The molecule has 3 fully saturated rings. The Morgan fingerprint density at radius 1 is 0.950 bits per heavy atom. The summed E-state index contributed by atoms with van der Waals surface area (Å²) in [6, 6.07) is 6.65. The maximum Gasteiger partial charge on any atom is 0.338 e. The van der Waals surface area contributed by atoms with Gasteiger partial charge in [0.1, 0.15) is 11.9 Å². The van der Waals surface area contributed by atoms with Crippen LogP contribution >= 0.6 is 0 Å². The van der Waals surface area contributed by atoms with Gasteiger partial charge in [0.2, 0.25) is 0 Å². The highest BCUT2D eigenvalue weighted by Gasteiger charge is 2.59. The lowest BCUT2D eigenvalue weighted by Crippen LogP contribution is -2.51. The molecule has 4 aliphatic rings. The van der Waals surface area contributed by atoms with Gasteiger partial charge in [-0.1, -0.05) is 65.5 Å². The van der Waals surface area contributed by atoms with Crippen molar-refractivity contribution in [3.05, 3.63) is 41.5 Å². The Bertz CT molecular complexity index is 1100. The first-order valence-corrected chi connectivity index (χ1v) is 16.2. The number of carbonyl (C=O) groups excluding carboxylic acids is 2. The molecule has 1 aromatic carbocycles. The average Bonchev–Trinajstić information content (AvgIpc) is 3.26. The van der Waals surface area contributed by atoms with Crippen LogP contribution in [0.5, 0.6) is 5.75 Å². The van der Waals surface area contributed by atoms with Crippen LogP contribution in [0.1, 0.15) is 123 Å². The van der Waals surface area contributed by atoms with Crippen molar-refractivity contribution >= 4 is 11.9 Å². The Balaban J connectivity index is 1.22. The minimum absolute atomic E-state index is 0.0621. The molecule has 0 spiro atoms. The van der Waals surface area contributed by atoms with E-state index in [1.54, 1.807) is 29.8 Å². The monoisotopic (exact) mass is 548 g/mol. The third-order valence-electron chi connectivity index (χ3n) is 11.9. The summed E-state index contributed by atoms with van der Waals surface area (Å²) in [6.45, 7) is 13.8. The molecular weight excluding hydrogens is 496 g/mol. The molecule has 1 aromatic rings. The van der Waals surface area contributed by atoms with E-state index in [1.165, 1.54) is 58.3 Å². The number of allylic oxidation sites excluding steroid dienone is 1. The maximum absolute atomic E-state index is 12.9. The highest BCUT2D eigenvalue weighted by molar-refractivity contribution is 5.89. The van der Waals surface area contributed by atoms with Gasteiger partial charge in [-0.3, -0.25) is 4.79 Å². The van der Waals surface area contributed by atoms with Crippen LogP contribution in [0.3, 0.4) is 0 Å². The molecule has 0 heterocycles. The number of ether oxygens (including phenoxy) is 2. The maximum atomic E-state index is 12.9. The summed E-state index contributed by atoms with van der Waals surface area (Å²) < 4.78 is 11.1. The number of fused-ring (bicyclic) bond motifs is 5. The van der Waals surface area contributed by atoms with Crippen LogP contribution < -0.4 is 4.74 Å². The fourth-order valence-corrected chi connectivity index (χ4v) is 9.80. The van der Waals surface area contributed by atoms with Gasteiger partial charge < -0.3 is 9.47 Å². The zero-order valence-electron chi connectivity index (χ0n) is 25.8. The van der Waals surface area contributed by atoms with Gasteiger partial charge in [-0.05, 0) is 116 Å². The molecule has 4 heteroatoms. The van der Waals surface area contributed by atoms with Crippen molar-refractivity contribution in [1.29, 1.82) is 0 Å². The summed E-state index contributed by atoms with van der Waals surface area (Å²) in [4.78, 5) is 24.1. The SMILES string of the molecule is CC(=O)Oc1ccc(C(=O)OC2CCC3(C)C(=CCC4C3CCC3(C)C(C(C)CCCC(C)C)CCC43)C2)cc1. The summed E-state index contributed by atoms with van der Waals surface area (Å²) in [7, 11) is 0. The van der Waals surface area contributed by atoms with E-state index in [2.05, 4.69) is 40.7 Å². The van der Waals surface area contributed by atoms with Crippen LogP contribution in [0.25, 0.3) is 0 Å². The second-order valence-electron chi connectivity index (χ2n) is 14.7. The van der Waals surface area contributed by atoms with Crippen LogP contribution in [-0.4, -0.2) is 18.0 Å². The lowest BCUT2D eigenvalue weighted by atomic mass is 9.47. The minimum atomic E-state index is -0.370. The molecule has 220 valence electrons. The van der Waals surface area contributed by atoms with Gasteiger partial charge in [0.05, 0.1) is 5.56 Å². The second kappa shape index (κ2) is 11.6. The zero-order valence-corrected chi connectivity index (χ0v) is 25.8. The fraction of sp³-hybridized carbons (Fsp3) is 0.722. The number of carbonyl (C=O) groups is 2. The molecule has 8 atom stereocenters. The van der Waals surface area contributed by atoms with E-state index in [0.29, 0.717) is 16.7 Å². The van der Waals surface area contributed by atoms with E-state index >= 15 is 0 Å². The van der Waals surface area contributed by atoms with E-state index in [-0.39, 0.29) is 23.5 Å². The van der Waals surface area contributed by atoms with Gasteiger partial charge >= 0.3 is 11.9 Å². The Hall–Kier alpha value is -2.10. The van der Waals surface area contributed by atoms with Gasteiger partial charge in [0.15, 0.2) is 0 Å². The Kier molecular flexibility index (Phi) is 8.56. The molecule has 40 heavy (non-hydrogen) atoms. The third kappa shape index (κ3) is 5.66. The highest BCUT2D eigenvalue weighted by Crippen LogP contribution is 2.67. The second-order valence-corrected chi connectivity index (χ2v) is 14.7. The standard InChI is InChI=1S/C36H52O4/c1-23(2)8-7-9-24(3)31-16-17-32-30-15-12-27-22-29(18-20-35(27,5)33(30)19-21-36(31,32)6)40-34(38)26-10-13-28(14-11-26)39-25(4)37/h10-14,23-24,29-33H,7-9,15-22H2,1-6H3. The molecule has 8 unspecified atom stereocenters. The lowest BCUT2D eigenvalue weighted by Gasteiger charge is -2.58. The smallest absolute Gasteiger partial charge is 0.338 e. The van der Waals surface area contributed by atoms with Crippen molar-refractivity contribution in [2.75, 3.05) is 0 Å². The number of esters is 2. The van der Waals surface area contributed by atoms with E-state index in [4.69, 9.17) is 9.47 Å². The molecule has 0 aromatic heterocycles. The van der Waals surface area contributed by atoms with Gasteiger partial charge in [0, 0.05) is 13.3 Å². The Morgan fingerprint density at radius 2 is 1.70 bits per heavy atom. The van der Waals surface area contributed by atoms with Crippen molar-refractivity contribution in [3.63, 3.8) is 0 Å². The van der Waals surface area contributed by atoms with Crippen molar-refractivity contribution in [2.45, 2.75) is 118 Å². The van der Waals surface area contributed by atoms with Crippen LogP contribution in [0.2, 0.25) is 0 Å². The number of hydrogen-bond donors (Lipinski definition) is 0.